The van der Waals surface area contributed by atoms with E-state index in [0.29, 0.717) is 30.5 Å². The van der Waals surface area contributed by atoms with E-state index in [-0.39, 0.29) is 11.9 Å². The monoisotopic (exact) mass is 505 g/mol. The van der Waals surface area contributed by atoms with Crippen LogP contribution in [0.4, 0.5) is 0 Å². The average Bonchev–Trinajstić information content (AvgIpc) is 3.52. The van der Waals surface area contributed by atoms with Crippen molar-refractivity contribution in [1.82, 2.24) is 25.0 Å². The molecule has 36 heavy (non-hydrogen) atoms. The van der Waals surface area contributed by atoms with E-state index >= 15 is 0 Å². The van der Waals surface area contributed by atoms with Gasteiger partial charge in [0.1, 0.15) is 11.6 Å². The second-order valence-electron chi connectivity index (χ2n) is 10.9. The van der Waals surface area contributed by atoms with Gasteiger partial charge >= 0.3 is 0 Å². The smallest absolute Gasteiger partial charge is 0.224 e. The molecule has 6 nitrogen and oxygen atoms in total. The second-order valence-corrected chi connectivity index (χ2v) is 12.2. The minimum atomic E-state index is 0.0599. The van der Waals surface area contributed by atoms with Gasteiger partial charge in [0.15, 0.2) is 0 Å². The molecule has 4 heterocycles. The van der Waals surface area contributed by atoms with Crippen LogP contribution in [0.3, 0.4) is 0 Å². The number of thiophene rings is 1. The molecule has 2 aliphatic heterocycles. The van der Waals surface area contributed by atoms with E-state index in [4.69, 9.17) is 0 Å². The zero-order valence-corrected chi connectivity index (χ0v) is 22.8. The summed E-state index contributed by atoms with van der Waals surface area (Å²) in [6, 6.07) is 16.1. The lowest BCUT2D eigenvalue weighted by Gasteiger charge is -2.40. The summed E-state index contributed by atoms with van der Waals surface area (Å²) in [7, 11) is 0. The molecule has 3 atom stereocenters. The van der Waals surface area contributed by atoms with Crippen molar-refractivity contribution < 1.29 is 4.79 Å². The number of nitrogens with one attached hydrogen (secondary N) is 1. The molecular weight excluding hydrogens is 466 g/mol. The fraction of sp³-hybridized carbons (Fsp3) is 0.552. The third-order valence-corrected chi connectivity index (χ3v) is 9.07. The predicted octanol–water partition coefficient (Wildman–Crippen LogP) is 5.74. The van der Waals surface area contributed by atoms with Gasteiger partial charge in [0.2, 0.25) is 5.91 Å². The number of nitrogens with zero attached hydrogens (tertiary/aromatic N) is 4. The Morgan fingerprint density at radius 1 is 1.03 bits per heavy atom. The fourth-order valence-corrected chi connectivity index (χ4v) is 7.25. The lowest BCUT2D eigenvalue weighted by molar-refractivity contribution is -0.121. The fourth-order valence-electron chi connectivity index (χ4n) is 6.28. The Labute approximate surface area is 219 Å². The molecule has 2 aliphatic rings. The van der Waals surface area contributed by atoms with Gasteiger partial charge in [0, 0.05) is 40.3 Å². The SMILES string of the molecule is Cc1ccc([C@H](CCN2[C@H]3CC[C@H]2CC(n2c(C)nnc2C(C)C)C3)NC(=O)Cc2ccccc2)s1. The van der Waals surface area contributed by atoms with Crippen LogP contribution in [-0.4, -0.2) is 44.2 Å². The van der Waals surface area contributed by atoms with E-state index < -0.39 is 0 Å². The van der Waals surface area contributed by atoms with E-state index in [9.17, 15) is 4.79 Å². The van der Waals surface area contributed by atoms with Gasteiger partial charge in [-0.15, -0.1) is 21.5 Å². The molecule has 2 fully saturated rings. The van der Waals surface area contributed by atoms with Crippen LogP contribution in [-0.2, 0) is 11.2 Å². The van der Waals surface area contributed by atoms with Crippen molar-refractivity contribution >= 4 is 17.2 Å². The van der Waals surface area contributed by atoms with E-state index in [0.717, 1.165) is 43.0 Å². The van der Waals surface area contributed by atoms with Crippen LogP contribution in [0.5, 0.6) is 0 Å². The molecule has 3 aromatic rings. The minimum absolute atomic E-state index is 0.0599. The van der Waals surface area contributed by atoms with Gasteiger partial charge < -0.3 is 9.88 Å². The van der Waals surface area contributed by atoms with E-state index in [2.05, 4.69) is 64.8 Å². The zero-order valence-electron chi connectivity index (χ0n) is 22.0. The van der Waals surface area contributed by atoms with Crippen molar-refractivity contribution in [3.8, 4) is 0 Å². The number of hydrogen-bond acceptors (Lipinski definition) is 5. The zero-order chi connectivity index (χ0) is 25.2. The molecule has 5 rings (SSSR count). The molecule has 0 spiro atoms. The van der Waals surface area contributed by atoms with Crippen LogP contribution in [0.25, 0.3) is 0 Å². The van der Waals surface area contributed by atoms with Crippen LogP contribution in [0.2, 0.25) is 0 Å². The molecule has 2 bridgehead atoms. The maximum Gasteiger partial charge on any atom is 0.224 e. The number of hydrogen-bond donors (Lipinski definition) is 1. The van der Waals surface area contributed by atoms with Gasteiger partial charge in [0.05, 0.1) is 12.5 Å². The summed E-state index contributed by atoms with van der Waals surface area (Å²) in [6.45, 7) is 9.68. The van der Waals surface area contributed by atoms with E-state index in [1.807, 2.05) is 30.3 Å². The lowest BCUT2D eigenvalue weighted by atomic mass is 9.95. The topological polar surface area (TPSA) is 63.1 Å². The molecule has 1 N–H and O–H groups in total. The molecule has 2 aromatic heterocycles. The number of amides is 1. The highest BCUT2D eigenvalue weighted by Crippen LogP contribution is 2.42. The number of carbonyl (C=O) groups excluding carboxylic acids is 1. The molecule has 0 aliphatic carbocycles. The first-order chi connectivity index (χ1) is 17.4. The van der Waals surface area contributed by atoms with E-state index in [1.165, 1.54) is 22.6 Å². The number of aromatic nitrogens is 3. The van der Waals surface area contributed by atoms with Gasteiger partial charge in [-0.05, 0) is 63.6 Å². The maximum atomic E-state index is 13.0. The highest BCUT2D eigenvalue weighted by atomic mass is 32.1. The van der Waals surface area contributed by atoms with Gasteiger partial charge in [-0.1, -0.05) is 44.2 Å². The predicted molar refractivity (Wildman–Crippen MR) is 145 cm³/mol. The number of carbonyl (C=O) groups is 1. The average molecular weight is 506 g/mol. The molecule has 1 aromatic carbocycles. The Hall–Kier alpha value is -2.51. The van der Waals surface area contributed by atoms with Crippen molar-refractivity contribution in [2.75, 3.05) is 6.54 Å². The first-order valence-corrected chi connectivity index (χ1v) is 14.3. The second kappa shape index (κ2) is 10.9. The molecule has 0 radical (unpaired) electrons. The quantitative estimate of drug-likeness (QED) is 0.403. The van der Waals surface area contributed by atoms with Gasteiger partial charge in [0.25, 0.3) is 0 Å². The van der Waals surface area contributed by atoms with Crippen molar-refractivity contribution in [2.24, 2.45) is 0 Å². The molecule has 2 saturated heterocycles. The van der Waals surface area contributed by atoms with E-state index in [1.54, 1.807) is 11.3 Å². The largest absolute Gasteiger partial charge is 0.348 e. The van der Waals surface area contributed by atoms with Gasteiger partial charge in [-0.25, -0.2) is 0 Å². The summed E-state index contributed by atoms with van der Waals surface area (Å²) in [5.41, 5.74) is 1.06. The highest BCUT2D eigenvalue weighted by Gasteiger charge is 2.42. The third kappa shape index (κ3) is 5.42. The summed E-state index contributed by atoms with van der Waals surface area (Å²) < 4.78 is 2.42. The van der Waals surface area contributed by atoms with Crippen molar-refractivity contribution in [1.29, 1.82) is 0 Å². The molecule has 192 valence electrons. The lowest BCUT2D eigenvalue weighted by Crippen LogP contribution is -2.45. The molecule has 0 unspecified atom stereocenters. The molecular formula is C29H39N5OS. The number of rotatable bonds is 9. The third-order valence-electron chi connectivity index (χ3n) is 7.96. The minimum Gasteiger partial charge on any atom is -0.348 e. The standard InChI is InChI=1S/C29H39N5OS/c1-19(2)29-32-31-21(4)34(29)25-17-23-11-12-24(18-25)33(23)15-14-26(27-13-10-20(3)36-27)30-28(35)16-22-8-6-5-7-9-22/h5-10,13,19,23-26H,11-12,14-18H2,1-4H3,(H,30,35)/t23-,24-,26-/m0/s1. The summed E-state index contributed by atoms with van der Waals surface area (Å²) in [5.74, 6) is 2.66. The van der Waals surface area contributed by atoms with Crippen molar-refractivity contribution in [3.05, 3.63) is 69.4 Å². The summed E-state index contributed by atoms with van der Waals surface area (Å²) >= 11 is 1.80. The number of piperidine rings is 1. The Morgan fingerprint density at radius 2 is 1.75 bits per heavy atom. The van der Waals surface area contributed by atoms with Gasteiger partial charge in [-0.2, -0.15) is 0 Å². The molecule has 0 saturated carbocycles. The normalized spacial score (nSPS) is 22.8. The maximum absolute atomic E-state index is 13.0. The van der Waals surface area contributed by atoms with Crippen LogP contribution in [0, 0.1) is 13.8 Å². The van der Waals surface area contributed by atoms with Crippen LogP contribution in [0.15, 0.2) is 42.5 Å². The first-order valence-electron chi connectivity index (χ1n) is 13.5. The Bertz CT molecular complexity index is 1160. The summed E-state index contributed by atoms with van der Waals surface area (Å²) in [5, 5.41) is 12.3. The Kier molecular flexibility index (Phi) is 7.58. The summed E-state index contributed by atoms with van der Waals surface area (Å²) in [6.07, 6.45) is 6.23. The van der Waals surface area contributed by atoms with Crippen LogP contribution >= 0.6 is 11.3 Å². The van der Waals surface area contributed by atoms with Gasteiger partial charge in [-0.3, -0.25) is 9.69 Å². The van der Waals surface area contributed by atoms with Crippen molar-refractivity contribution in [2.45, 2.75) is 96.3 Å². The number of fused-ring (bicyclic) bond motifs is 2. The Morgan fingerprint density at radius 3 is 2.39 bits per heavy atom. The van der Waals surface area contributed by atoms with Crippen LogP contribution < -0.4 is 5.32 Å². The Balaban J connectivity index is 1.25. The number of aryl methyl sites for hydroxylation is 2. The summed E-state index contributed by atoms with van der Waals surface area (Å²) in [4.78, 5) is 18.2. The highest BCUT2D eigenvalue weighted by molar-refractivity contribution is 7.12. The van der Waals surface area contributed by atoms with Crippen LogP contribution in [0.1, 0.15) is 90.9 Å². The first kappa shape index (κ1) is 25.2. The number of benzene rings is 1. The molecule has 7 heteroatoms. The van der Waals surface area contributed by atoms with Crippen molar-refractivity contribution in [3.63, 3.8) is 0 Å². The molecule has 1 amide bonds.